The number of hydrogen-bond donors (Lipinski definition) is 1. The summed E-state index contributed by atoms with van der Waals surface area (Å²) in [5, 5.41) is 0. The minimum absolute atomic E-state index is 0.0806. The Morgan fingerprint density at radius 3 is 1.59 bits per heavy atom. The second kappa shape index (κ2) is 11.7. The summed E-state index contributed by atoms with van der Waals surface area (Å²) >= 11 is 0. The molecule has 0 spiro atoms. The van der Waals surface area contributed by atoms with E-state index in [1.54, 1.807) is 13.0 Å². The number of nitrogens with zero attached hydrogens (tertiary/aromatic N) is 1. The first-order valence-electron chi connectivity index (χ1n) is 13.9. The van der Waals surface area contributed by atoms with Crippen LogP contribution in [0.2, 0.25) is 0 Å². The predicted molar refractivity (Wildman–Crippen MR) is 170 cm³/mol. The van der Waals surface area contributed by atoms with Crippen molar-refractivity contribution in [2.24, 2.45) is 0 Å². The number of benzene rings is 5. The maximum atomic E-state index is 12.0. The summed E-state index contributed by atoms with van der Waals surface area (Å²) in [5.41, 5.74) is 9.85. The monoisotopic (exact) mass is 561 g/mol. The zero-order valence-electron chi connectivity index (χ0n) is 23.9. The standard InChI is InChI=1S/C36H35NO3S/c1-5-27(4)28-13-19-33(20-14-28)37(32-17-6-25(2)7-18-32)34-21-15-30(16-22-34)29-9-11-31(12-10-29)35-23-8-26(3)24-36(35)41(38,39)40/h6-24,27H,5H2,1-4H3,(H,38,39,40). The quantitative estimate of drug-likeness (QED) is 0.192. The summed E-state index contributed by atoms with van der Waals surface area (Å²) < 4.78 is 33.7. The highest BCUT2D eigenvalue weighted by Gasteiger charge is 2.17. The van der Waals surface area contributed by atoms with Crippen molar-refractivity contribution in [2.75, 3.05) is 4.90 Å². The van der Waals surface area contributed by atoms with Crippen LogP contribution in [0.3, 0.4) is 0 Å². The minimum Gasteiger partial charge on any atom is -0.311 e. The van der Waals surface area contributed by atoms with E-state index in [0.717, 1.165) is 45.7 Å². The molecular weight excluding hydrogens is 526 g/mol. The molecule has 4 nitrogen and oxygen atoms in total. The molecule has 5 rings (SSSR count). The largest absolute Gasteiger partial charge is 0.311 e. The Balaban J connectivity index is 1.47. The number of aryl methyl sites for hydroxylation is 2. The molecule has 0 saturated carbocycles. The molecule has 208 valence electrons. The molecular formula is C36H35NO3S. The highest BCUT2D eigenvalue weighted by atomic mass is 32.2. The van der Waals surface area contributed by atoms with Crippen LogP contribution in [-0.2, 0) is 10.1 Å². The van der Waals surface area contributed by atoms with E-state index >= 15 is 0 Å². The van der Waals surface area contributed by atoms with Gasteiger partial charge < -0.3 is 4.90 Å². The number of hydrogen-bond acceptors (Lipinski definition) is 3. The Hall–Kier alpha value is -4.19. The van der Waals surface area contributed by atoms with Gasteiger partial charge in [-0.1, -0.05) is 92.2 Å². The molecule has 1 unspecified atom stereocenters. The van der Waals surface area contributed by atoms with Crippen molar-refractivity contribution in [1.82, 2.24) is 0 Å². The molecule has 5 aromatic rings. The molecule has 1 atom stereocenters. The van der Waals surface area contributed by atoms with Crippen LogP contribution in [0.1, 0.15) is 42.9 Å². The number of rotatable bonds is 8. The zero-order valence-corrected chi connectivity index (χ0v) is 24.7. The third-order valence-electron chi connectivity index (χ3n) is 7.69. The van der Waals surface area contributed by atoms with Crippen LogP contribution in [0.4, 0.5) is 17.1 Å². The van der Waals surface area contributed by atoms with Gasteiger partial charge in [0.2, 0.25) is 0 Å². The third kappa shape index (κ3) is 6.27. The van der Waals surface area contributed by atoms with Gasteiger partial charge in [0.05, 0.1) is 0 Å². The Morgan fingerprint density at radius 1 is 0.634 bits per heavy atom. The molecule has 5 aromatic carbocycles. The molecule has 5 heteroatoms. The Kier molecular flexibility index (Phi) is 8.11. The second-order valence-electron chi connectivity index (χ2n) is 10.7. The van der Waals surface area contributed by atoms with Crippen LogP contribution in [-0.4, -0.2) is 13.0 Å². The van der Waals surface area contributed by atoms with Gasteiger partial charge in [-0.25, -0.2) is 0 Å². The lowest BCUT2D eigenvalue weighted by atomic mass is 9.98. The lowest BCUT2D eigenvalue weighted by Gasteiger charge is -2.26. The van der Waals surface area contributed by atoms with Crippen molar-refractivity contribution in [3.63, 3.8) is 0 Å². The predicted octanol–water partition coefficient (Wildman–Crippen LogP) is 9.87. The molecule has 0 bridgehead atoms. The summed E-state index contributed by atoms with van der Waals surface area (Å²) in [6, 6.07) is 38.7. The summed E-state index contributed by atoms with van der Waals surface area (Å²) in [6.07, 6.45) is 1.11. The molecule has 0 radical (unpaired) electrons. The van der Waals surface area contributed by atoms with Gasteiger partial charge in [-0.3, -0.25) is 4.55 Å². The van der Waals surface area contributed by atoms with Gasteiger partial charge >= 0.3 is 0 Å². The van der Waals surface area contributed by atoms with E-state index in [0.29, 0.717) is 11.5 Å². The molecule has 0 aromatic heterocycles. The van der Waals surface area contributed by atoms with Crippen LogP contribution < -0.4 is 4.90 Å². The first-order valence-corrected chi connectivity index (χ1v) is 15.3. The van der Waals surface area contributed by atoms with Gasteiger partial charge in [-0.15, -0.1) is 0 Å². The van der Waals surface area contributed by atoms with Crippen molar-refractivity contribution in [1.29, 1.82) is 0 Å². The van der Waals surface area contributed by atoms with Gasteiger partial charge in [0.1, 0.15) is 4.90 Å². The Bertz CT molecular complexity index is 1740. The molecule has 0 heterocycles. The lowest BCUT2D eigenvalue weighted by Crippen LogP contribution is -2.10. The van der Waals surface area contributed by atoms with E-state index in [-0.39, 0.29) is 4.90 Å². The van der Waals surface area contributed by atoms with Gasteiger partial charge in [-0.05, 0) is 96.5 Å². The first-order chi connectivity index (χ1) is 19.6. The van der Waals surface area contributed by atoms with Crippen molar-refractivity contribution in [3.05, 3.63) is 132 Å². The fourth-order valence-corrected chi connectivity index (χ4v) is 5.85. The average molecular weight is 562 g/mol. The van der Waals surface area contributed by atoms with E-state index in [4.69, 9.17) is 0 Å². The molecule has 1 N–H and O–H groups in total. The molecule has 0 aliphatic carbocycles. The normalized spacial score (nSPS) is 12.2. The van der Waals surface area contributed by atoms with Crippen LogP contribution in [0.25, 0.3) is 22.3 Å². The van der Waals surface area contributed by atoms with E-state index in [1.165, 1.54) is 17.2 Å². The van der Waals surface area contributed by atoms with Gasteiger partial charge in [0.25, 0.3) is 10.1 Å². The smallest absolute Gasteiger partial charge is 0.295 e. The van der Waals surface area contributed by atoms with Crippen LogP contribution >= 0.6 is 0 Å². The molecule has 0 aliphatic rings. The summed E-state index contributed by atoms with van der Waals surface area (Å²) in [4.78, 5) is 2.18. The average Bonchev–Trinajstić information content (AvgIpc) is 2.98. The van der Waals surface area contributed by atoms with E-state index in [1.807, 2.05) is 30.3 Å². The minimum atomic E-state index is -4.34. The summed E-state index contributed by atoms with van der Waals surface area (Å²) in [6.45, 7) is 8.36. The van der Waals surface area contributed by atoms with E-state index < -0.39 is 10.1 Å². The van der Waals surface area contributed by atoms with Crippen molar-refractivity contribution in [3.8, 4) is 22.3 Å². The maximum Gasteiger partial charge on any atom is 0.295 e. The highest BCUT2D eigenvalue weighted by molar-refractivity contribution is 7.86. The van der Waals surface area contributed by atoms with Crippen molar-refractivity contribution >= 4 is 27.2 Å². The van der Waals surface area contributed by atoms with Gasteiger partial charge in [-0.2, -0.15) is 8.42 Å². The molecule has 41 heavy (non-hydrogen) atoms. The molecule has 0 saturated heterocycles. The van der Waals surface area contributed by atoms with Crippen LogP contribution in [0.5, 0.6) is 0 Å². The fraction of sp³-hybridized carbons (Fsp3) is 0.167. The first kappa shape index (κ1) is 28.3. The maximum absolute atomic E-state index is 12.0. The topological polar surface area (TPSA) is 57.6 Å². The Labute approximate surface area is 243 Å². The van der Waals surface area contributed by atoms with Crippen LogP contribution in [0.15, 0.2) is 120 Å². The lowest BCUT2D eigenvalue weighted by molar-refractivity contribution is 0.483. The molecule has 0 fully saturated rings. The second-order valence-corrected chi connectivity index (χ2v) is 12.1. The Morgan fingerprint density at radius 2 is 1.07 bits per heavy atom. The zero-order chi connectivity index (χ0) is 29.1. The van der Waals surface area contributed by atoms with Crippen LogP contribution in [0, 0.1) is 13.8 Å². The van der Waals surface area contributed by atoms with Gasteiger partial charge in [0.15, 0.2) is 0 Å². The summed E-state index contributed by atoms with van der Waals surface area (Å²) in [7, 11) is -4.34. The van der Waals surface area contributed by atoms with E-state index in [2.05, 4.69) is 98.5 Å². The van der Waals surface area contributed by atoms with Crippen molar-refractivity contribution in [2.45, 2.75) is 44.9 Å². The van der Waals surface area contributed by atoms with E-state index in [9.17, 15) is 13.0 Å². The van der Waals surface area contributed by atoms with Crippen molar-refractivity contribution < 1.29 is 13.0 Å². The third-order valence-corrected chi connectivity index (χ3v) is 8.59. The van der Waals surface area contributed by atoms with Gasteiger partial charge in [0, 0.05) is 22.6 Å². The summed E-state index contributed by atoms with van der Waals surface area (Å²) in [5.74, 6) is 0.521. The highest BCUT2D eigenvalue weighted by Crippen LogP contribution is 2.37. The SMILES string of the molecule is CCC(C)c1ccc(N(c2ccc(C)cc2)c2ccc(-c3ccc(-c4ccc(C)cc4S(=O)(=O)O)cc3)cc2)cc1. The molecule has 0 amide bonds. The number of anilines is 3. The molecule has 0 aliphatic heterocycles. The fourth-order valence-electron chi connectivity index (χ4n) is 5.06.